The summed E-state index contributed by atoms with van der Waals surface area (Å²) in [5, 5.41) is 0.197. The minimum atomic E-state index is -1.75. The maximum Gasteiger partial charge on any atom is 0.349 e. The van der Waals surface area contributed by atoms with E-state index in [-0.39, 0.29) is 23.1 Å². The summed E-state index contributed by atoms with van der Waals surface area (Å²) in [4.78, 5) is 15.7. The van der Waals surface area contributed by atoms with Crippen LogP contribution in [0.1, 0.15) is 45.4 Å². The maximum absolute atomic E-state index is 11.9. The molecule has 1 aliphatic heterocycles. The maximum atomic E-state index is 11.9. The summed E-state index contributed by atoms with van der Waals surface area (Å²) < 4.78 is 13.8. The predicted molar refractivity (Wildman–Crippen MR) is 89.5 cm³/mol. The molecule has 1 aliphatic rings. The molecule has 0 aliphatic carbocycles. The molecule has 0 spiro atoms. The van der Waals surface area contributed by atoms with Crippen molar-refractivity contribution in [1.29, 1.82) is 0 Å². The Morgan fingerprint density at radius 2 is 2.09 bits per heavy atom. The first-order valence-corrected chi connectivity index (χ1v) is 10.9. The molecule has 2 atom stereocenters. The fraction of sp³-hybridized carbons (Fsp3) is 0.750. The lowest BCUT2D eigenvalue weighted by Crippen LogP contribution is -2.42. The quantitative estimate of drug-likeness (QED) is 0.798. The molecule has 0 radical (unpaired) electrons. The van der Waals surface area contributed by atoms with Gasteiger partial charge in [-0.05, 0) is 43.5 Å². The van der Waals surface area contributed by atoms with Crippen LogP contribution < -0.4 is 5.69 Å². The Morgan fingerprint density at radius 1 is 1.41 bits per heavy atom. The minimum absolute atomic E-state index is 0.0616. The van der Waals surface area contributed by atoms with E-state index in [4.69, 9.17) is 9.16 Å². The molecule has 0 unspecified atom stereocenters. The Hall–Kier alpha value is -0.983. The van der Waals surface area contributed by atoms with E-state index in [2.05, 4.69) is 38.8 Å². The summed E-state index contributed by atoms with van der Waals surface area (Å²) in [5.74, 6) is 0. The molecule has 0 aromatic carbocycles. The molecule has 2 rings (SSSR count). The van der Waals surface area contributed by atoms with Gasteiger partial charge in [-0.3, -0.25) is 4.57 Å². The molecule has 0 N–H and O–H groups in total. The first kappa shape index (κ1) is 17.4. The first-order valence-electron chi connectivity index (χ1n) is 7.94. The van der Waals surface area contributed by atoms with Gasteiger partial charge in [-0.25, -0.2) is 9.78 Å². The van der Waals surface area contributed by atoms with Gasteiger partial charge in [0, 0.05) is 12.4 Å². The zero-order valence-corrected chi connectivity index (χ0v) is 15.5. The van der Waals surface area contributed by atoms with Crippen LogP contribution in [0.15, 0.2) is 17.2 Å². The third-order valence-corrected chi connectivity index (χ3v) is 9.27. The molecule has 1 fully saturated rings. The lowest BCUT2D eigenvalue weighted by molar-refractivity contribution is -0.0222. The van der Waals surface area contributed by atoms with Crippen molar-refractivity contribution in [2.45, 2.75) is 71.0 Å². The van der Waals surface area contributed by atoms with Crippen LogP contribution >= 0.6 is 0 Å². The van der Waals surface area contributed by atoms with Gasteiger partial charge in [-0.1, -0.05) is 20.8 Å². The van der Waals surface area contributed by atoms with Crippen molar-refractivity contribution >= 4 is 8.32 Å². The first-order chi connectivity index (χ1) is 10.1. The van der Waals surface area contributed by atoms with Crippen LogP contribution in [0.2, 0.25) is 18.1 Å². The molecule has 2 heterocycles. The number of aryl methyl sites for hydroxylation is 1. The number of rotatable bonds is 4. The average Bonchev–Trinajstić information content (AvgIpc) is 2.87. The van der Waals surface area contributed by atoms with Crippen LogP contribution in [-0.2, 0) is 9.16 Å². The van der Waals surface area contributed by atoms with E-state index >= 15 is 0 Å². The molecular formula is C16H28N2O3Si. The Labute approximate surface area is 133 Å². The van der Waals surface area contributed by atoms with Crippen LogP contribution in [0.25, 0.3) is 0 Å². The number of aromatic nitrogens is 2. The van der Waals surface area contributed by atoms with Crippen molar-refractivity contribution in [3.05, 3.63) is 28.4 Å². The second kappa shape index (κ2) is 6.26. The van der Waals surface area contributed by atoms with Gasteiger partial charge in [-0.2, -0.15) is 0 Å². The van der Waals surface area contributed by atoms with Gasteiger partial charge < -0.3 is 9.16 Å². The molecule has 1 saturated heterocycles. The van der Waals surface area contributed by atoms with Crippen LogP contribution in [0, 0.1) is 6.92 Å². The van der Waals surface area contributed by atoms with Crippen LogP contribution in [0.3, 0.4) is 0 Å². The molecule has 1 aromatic heterocycles. The Kier molecular flexibility index (Phi) is 4.94. The van der Waals surface area contributed by atoms with Gasteiger partial charge in [0.2, 0.25) is 0 Å². The van der Waals surface area contributed by atoms with E-state index < -0.39 is 8.32 Å². The third-order valence-electron chi connectivity index (χ3n) is 4.77. The second-order valence-corrected chi connectivity index (χ2v) is 12.5. The lowest BCUT2D eigenvalue weighted by atomic mass is 10.2. The molecular weight excluding hydrogens is 296 g/mol. The van der Waals surface area contributed by atoms with Gasteiger partial charge >= 0.3 is 5.69 Å². The van der Waals surface area contributed by atoms with Crippen LogP contribution in [0.5, 0.6) is 0 Å². The summed E-state index contributed by atoms with van der Waals surface area (Å²) in [6, 6.07) is 0. The van der Waals surface area contributed by atoms with Gasteiger partial charge in [0.1, 0.15) is 6.23 Å². The molecule has 6 heteroatoms. The molecule has 0 bridgehead atoms. The normalized spacial score (nSPS) is 23.0. The van der Waals surface area contributed by atoms with E-state index in [0.717, 1.165) is 18.4 Å². The summed E-state index contributed by atoms with van der Waals surface area (Å²) in [6.07, 6.45) is 5.00. The van der Waals surface area contributed by atoms with Crippen LogP contribution in [0.4, 0.5) is 0 Å². The summed E-state index contributed by atoms with van der Waals surface area (Å²) in [7, 11) is -1.75. The van der Waals surface area contributed by atoms with E-state index in [9.17, 15) is 4.79 Å². The smallest absolute Gasteiger partial charge is 0.349 e. The van der Waals surface area contributed by atoms with E-state index in [1.54, 1.807) is 10.8 Å². The SMILES string of the molecule is Cc1cnc(=O)n([C@H]2CC[C@@H](CO[Si](C)(C)C(C)(C)C)O2)c1. The Morgan fingerprint density at radius 3 is 2.73 bits per heavy atom. The topological polar surface area (TPSA) is 53.4 Å². The Balaban J connectivity index is 1.96. The number of hydrogen-bond donors (Lipinski definition) is 0. The van der Waals surface area contributed by atoms with Gasteiger partial charge in [0.15, 0.2) is 8.32 Å². The van der Waals surface area contributed by atoms with Crippen molar-refractivity contribution in [2.24, 2.45) is 0 Å². The fourth-order valence-corrected chi connectivity index (χ4v) is 3.31. The second-order valence-electron chi connectivity index (χ2n) is 7.68. The summed E-state index contributed by atoms with van der Waals surface area (Å²) in [6.45, 7) is 13.7. The standard InChI is InChI=1S/C16H28N2O3Si/c1-12-9-17-15(19)18(10-12)14-8-7-13(21-14)11-20-22(5,6)16(2,3)4/h9-10,13-14H,7-8,11H2,1-6H3/t13-,14+/m0/s1. The summed E-state index contributed by atoms with van der Waals surface area (Å²) in [5.41, 5.74) is 0.714. The molecule has 0 saturated carbocycles. The predicted octanol–water partition coefficient (Wildman–Crippen LogP) is 3.25. The number of hydrogen-bond acceptors (Lipinski definition) is 4. The van der Waals surface area contributed by atoms with E-state index in [1.807, 2.05) is 13.1 Å². The van der Waals surface area contributed by atoms with E-state index in [1.165, 1.54) is 0 Å². The molecule has 124 valence electrons. The van der Waals surface area contributed by atoms with Crippen molar-refractivity contribution in [3.63, 3.8) is 0 Å². The average molecular weight is 324 g/mol. The fourth-order valence-electron chi connectivity index (χ4n) is 2.27. The minimum Gasteiger partial charge on any atom is -0.414 e. The van der Waals surface area contributed by atoms with Gasteiger partial charge in [0.05, 0.1) is 12.7 Å². The molecule has 22 heavy (non-hydrogen) atoms. The van der Waals surface area contributed by atoms with Crippen molar-refractivity contribution < 1.29 is 9.16 Å². The lowest BCUT2D eigenvalue weighted by Gasteiger charge is -2.36. The summed E-state index contributed by atoms with van der Waals surface area (Å²) >= 11 is 0. The highest BCUT2D eigenvalue weighted by Crippen LogP contribution is 2.37. The highest BCUT2D eigenvalue weighted by molar-refractivity contribution is 6.74. The molecule has 5 nitrogen and oxygen atoms in total. The Bertz CT molecular complexity index is 577. The van der Waals surface area contributed by atoms with E-state index in [0.29, 0.717) is 6.61 Å². The molecule has 0 amide bonds. The van der Waals surface area contributed by atoms with Gasteiger partial charge in [0.25, 0.3) is 0 Å². The van der Waals surface area contributed by atoms with Crippen molar-refractivity contribution in [2.75, 3.05) is 6.61 Å². The van der Waals surface area contributed by atoms with Crippen molar-refractivity contribution in [3.8, 4) is 0 Å². The highest BCUT2D eigenvalue weighted by Gasteiger charge is 2.38. The molecule has 1 aromatic rings. The number of ether oxygens (including phenoxy) is 1. The zero-order valence-electron chi connectivity index (χ0n) is 14.5. The van der Waals surface area contributed by atoms with Gasteiger partial charge in [-0.15, -0.1) is 0 Å². The number of nitrogens with zero attached hydrogens (tertiary/aromatic N) is 2. The largest absolute Gasteiger partial charge is 0.414 e. The zero-order chi connectivity index (χ0) is 16.5. The highest BCUT2D eigenvalue weighted by atomic mass is 28.4. The van der Waals surface area contributed by atoms with Crippen molar-refractivity contribution in [1.82, 2.24) is 9.55 Å². The monoisotopic (exact) mass is 324 g/mol. The third kappa shape index (κ3) is 3.85. The van der Waals surface area contributed by atoms with Crippen LogP contribution in [-0.4, -0.2) is 30.6 Å².